The predicted molar refractivity (Wildman–Crippen MR) is 47.2 cm³/mol. The molecule has 0 aliphatic carbocycles. The molecule has 0 bridgehead atoms. The van der Waals surface area contributed by atoms with Gasteiger partial charge in [-0.2, -0.15) is 0 Å². The number of hydrogen-bond acceptors (Lipinski definition) is 4. The van der Waals surface area contributed by atoms with Gasteiger partial charge in [-0.15, -0.1) is 0 Å². The normalized spacial score (nSPS) is 20.4. The smallest absolute Gasteiger partial charge is 0.244 e. The standard InChI is InChI=1S/C7H13NO4S/c1-7(2)11-5-6(12-7)4-8-13(3,9)10/h5,8H,4H2,1-3H3. The molecule has 5 nitrogen and oxygen atoms in total. The first-order chi connectivity index (χ1) is 5.79. The maximum atomic E-state index is 10.7. The van der Waals surface area contributed by atoms with E-state index >= 15 is 0 Å². The first-order valence-electron chi connectivity index (χ1n) is 3.79. The summed E-state index contributed by atoms with van der Waals surface area (Å²) < 4.78 is 34.1. The van der Waals surface area contributed by atoms with Gasteiger partial charge in [0.1, 0.15) is 6.26 Å². The van der Waals surface area contributed by atoms with Gasteiger partial charge in [0.2, 0.25) is 15.8 Å². The van der Waals surface area contributed by atoms with Gasteiger partial charge in [0.15, 0.2) is 5.76 Å². The SMILES string of the molecule is CC1(C)OC=C(CNS(C)(=O)=O)O1. The quantitative estimate of drug-likeness (QED) is 0.716. The number of nitrogens with one attached hydrogen (secondary N) is 1. The molecule has 0 amide bonds. The molecule has 76 valence electrons. The fraction of sp³-hybridized carbons (Fsp3) is 0.714. The Labute approximate surface area is 77.8 Å². The second kappa shape index (κ2) is 3.19. The Kier molecular flexibility index (Phi) is 2.53. The van der Waals surface area contributed by atoms with Gasteiger partial charge in [-0.25, -0.2) is 13.1 Å². The molecule has 6 heteroatoms. The van der Waals surface area contributed by atoms with Crippen LogP contribution in [0.5, 0.6) is 0 Å². The van der Waals surface area contributed by atoms with E-state index in [1.807, 2.05) is 0 Å². The molecule has 1 aliphatic rings. The van der Waals surface area contributed by atoms with E-state index in [9.17, 15) is 8.42 Å². The highest BCUT2D eigenvalue weighted by molar-refractivity contribution is 7.88. The molecule has 0 atom stereocenters. The highest BCUT2D eigenvalue weighted by Gasteiger charge is 2.27. The van der Waals surface area contributed by atoms with Crippen molar-refractivity contribution in [1.29, 1.82) is 0 Å². The summed E-state index contributed by atoms with van der Waals surface area (Å²) in [5, 5.41) is 0. The van der Waals surface area contributed by atoms with Crippen LogP contribution < -0.4 is 4.72 Å². The van der Waals surface area contributed by atoms with E-state index in [0.717, 1.165) is 6.26 Å². The summed E-state index contributed by atoms with van der Waals surface area (Å²) in [5.74, 6) is -0.204. The van der Waals surface area contributed by atoms with Crippen molar-refractivity contribution in [3.05, 3.63) is 12.0 Å². The van der Waals surface area contributed by atoms with Crippen LogP contribution in [0, 0.1) is 0 Å². The van der Waals surface area contributed by atoms with Gasteiger partial charge in [-0.1, -0.05) is 0 Å². The number of hydrogen-bond donors (Lipinski definition) is 1. The molecule has 1 rings (SSSR count). The lowest BCUT2D eigenvalue weighted by molar-refractivity contribution is -0.116. The average Bonchev–Trinajstić information content (AvgIpc) is 2.24. The molecule has 0 aromatic rings. The van der Waals surface area contributed by atoms with Crippen LogP contribution in [-0.2, 0) is 19.5 Å². The molecular formula is C7H13NO4S. The van der Waals surface area contributed by atoms with Crippen molar-refractivity contribution in [2.24, 2.45) is 0 Å². The van der Waals surface area contributed by atoms with Crippen molar-refractivity contribution in [3.8, 4) is 0 Å². The zero-order valence-corrected chi connectivity index (χ0v) is 8.64. The summed E-state index contributed by atoms with van der Waals surface area (Å²) in [4.78, 5) is 0. The van der Waals surface area contributed by atoms with Crippen molar-refractivity contribution >= 4 is 10.0 Å². The van der Waals surface area contributed by atoms with Crippen LogP contribution in [0.15, 0.2) is 12.0 Å². The number of ether oxygens (including phenoxy) is 2. The van der Waals surface area contributed by atoms with Gasteiger partial charge < -0.3 is 9.47 Å². The molecule has 0 aromatic heterocycles. The highest BCUT2D eigenvalue weighted by Crippen LogP contribution is 2.23. The lowest BCUT2D eigenvalue weighted by Crippen LogP contribution is -2.27. The summed E-state index contributed by atoms with van der Waals surface area (Å²) in [7, 11) is -3.18. The third-order valence-electron chi connectivity index (χ3n) is 1.36. The van der Waals surface area contributed by atoms with Crippen LogP contribution in [0.4, 0.5) is 0 Å². The van der Waals surface area contributed by atoms with E-state index in [-0.39, 0.29) is 6.54 Å². The second-order valence-electron chi connectivity index (χ2n) is 3.30. The first-order valence-corrected chi connectivity index (χ1v) is 5.68. The largest absolute Gasteiger partial charge is 0.457 e. The summed E-state index contributed by atoms with van der Waals surface area (Å²) in [6, 6.07) is 0. The average molecular weight is 207 g/mol. The number of rotatable bonds is 3. The summed E-state index contributed by atoms with van der Waals surface area (Å²) in [5.41, 5.74) is 0. The minimum Gasteiger partial charge on any atom is -0.457 e. The lowest BCUT2D eigenvalue weighted by atomic mass is 10.4. The minimum absolute atomic E-state index is 0.127. The third-order valence-corrected chi connectivity index (χ3v) is 2.03. The minimum atomic E-state index is -3.18. The fourth-order valence-corrected chi connectivity index (χ4v) is 1.26. The molecule has 1 aliphatic heterocycles. The Balaban J connectivity index is 2.42. The third kappa shape index (κ3) is 3.65. The topological polar surface area (TPSA) is 64.6 Å². The Morgan fingerprint density at radius 1 is 1.54 bits per heavy atom. The Hall–Kier alpha value is -0.750. The molecule has 0 spiro atoms. The molecule has 0 saturated heterocycles. The zero-order valence-electron chi connectivity index (χ0n) is 7.83. The van der Waals surface area contributed by atoms with Crippen molar-refractivity contribution in [3.63, 3.8) is 0 Å². The van der Waals surface area contributed by atoms with Crippen molar-refractivity contribution in [2.45, 2.75) is 19.6 Å². The molecule has 0 aromatic carbocycles. The van der Waals surface area contributed by atoms with Crippen LogP contribution in [0.2, 0.25) is 0 Å². The van der Waals surface area contributed by atoms with Crippen LogP contribution in [0.1, 0.15) is 13.8 Å². The molecule has 13 heavy (non-hydrogen) atoms. The molecule has 1 heterocycles. The van der Waals surface area contributed by atoms with E-state index in [4.69, 9.17) is 9.47 Å². The Morgan fingerprint density at radius 3 is 2.54 bits per heavy atom. The van der Waals surface area contributed by atoms with Crippen molar-refractivity contribution < 1.29 is 17.9 Å². The molecule has 0 unspecified atom stereocenters. The van der Waals surface area contributed by atoms with Gasteiger partial charge in [0, 0.05) is 13.8 Å². The highest BCUT2D eigenvalue weighted by atomic mass is 32.2. The predicted octanol–water partition coefficient (Wildman–Crippen LogP) is 0.160. The van der Waals surface area contributed by atoms with Gasteiger partial charge in [-0.3, -0.25) is 0 Å². The van der Waals surface area contributed by atoms with Crippen LogP contribution in [-0.4, -0.2) is 27.0 Å². The van der Waals surface area contributed by atoms with Gasteiger partial charge in [0.05, 0.1) is 12.8 Å². The van der Waals surface area contributed by atoms with Gasteiger partial charge in [-0.05, 0) is 0 Å². The molecule has 0 fully saturated rings. The lowest BCUT2D eigenvalue weighted by Gasteiger charge is -2.18. The number of sulfonamides is 1. The summed E-state index contributed by atoms with van der Waals surface area (Å²) >= 11 is 0. The van der Waals surface area contributed by atoms with Crippen LogP contribution in [0.25, 0.3) is 0 Å². The molecule has 0 saturated carbocycles. The van der Waals surface area contributed by atoms with E-state index in [0.29, 0.717) is 5.76 Å². The Morgan fingerprint density at radius 2 is 2.15 bits per heavy atom. The monoisotopic (exact) mass is 207 g/mol. The van der Waals surface area contributed by atoms with E-state index in [1.54, 1.807) is 13.8 Å². The van der Waals surface area contributed by atoms with Crippen molar-refractivity contribution in [1.82, 2.24) is 4.72 Å². The van der Waals surface area contributed by atoms with E-state index < -0.39 is 15.8 Å². The zero-order chi connectivity index (χ0) is 10.1. The van der Waals surface area contributed by atoms with Crippen molar-refractivity contribution in [2.75, 3.05) is 12.8 Å². The van der Waals surface area contributed by atoms with Gasteiger partial charge in [0.25, 0.3) is 0 Å². The van der Waals surface area contributed by atoms with E-state index in [1.165, 1.54) is 6.26 Å². The van der Waals surface area contributed by atoms with E-state index in [2.05, 4.69) is 4.72 Å². The summed E-state index contributed by atoms with van der Waals surface area (Å²) in [6.07, 6.45) is 2.51. The van der Waals surface area contributed by atoms with Crippen LogP contribution in [0.3, 0.4) is 0 Å². The first kappa shape index (κ1) is 10.3. The second-order valence-corrected chi connectivity index (χ2v) is 5.13. The van der Waals surface area contributed by atoms with Crippen LogP contribution >= 0.6 is 0 Å². The maximum absolute atomic E-state index is 10.7. The maximum Gasteiger partial charge on any atom is 0.244 e. The molecule has 0 radical (unpaired) electrons. The fourth-order valence-electron chi connectivity index (χ4n) is 0.851. The molecular weight excluding hydrogens is 194 g/mol. The van der Waals surface area contributed by atoms with Gasteiger partial charge >= 0.3 is 0 Å². The summed E-state index contributed by atoms with van der Waals surface area (Å²) in [6.45, 7) is 3.62. The Bertz CT molecular complexity index is 317. The molecule has 1 N–H and O–H groups in total.